The first-order chi connectivity index (χ1) is 53.6. The van der Waals surface area contributed by atoms with E-state index < -0.39 is 6.10 Å². The van der Waals surface area contributed by atoms with Gasteiger partial charge in [-0.15, -0.1) is 0 Å². The number of hydrogen-bond donors (Lipinski definition) is 2. The smallest absolute Gasteiger partial charge is 0.330 e. The Morgan fingerprint density at radius 1 is 0.257 bits per heavy atom. The highest BCUT2D eigenvalue weighted by Gasteiger charge is 2.15. The maximum absolute atomic E-state index is 12.5. The third kappa shape index (κ3) is 92.5. The molecule has 0 rings (SSSR count). The van der Waals surface area contributed by atoms with Crippen LogP contribution in [-0.4, -0.2) is 134 Å². The van der Waals surface area contributed by atoms with E-state index in [4.69, 9.17) is 14.2 Å². The van der Waals surface area contributed by atoms with Crippen LogP contribution in [0.5, 0.6) is 0 Å². The first kappa shape index (κ1) is 108. The van der Waals surface area contributed by atoms with Gasteiger partial charge in [-0.25, -0.2) is 14.4 Å². The Balaban J connectivity index is 0. The third-order valence-corrected chi connectivity index (χ3v) is 22.1. The molecule has 0 saturated carbocycles. The summed E-state index contributed by atoms with van der Waals surface area (Å²) in [6.07, 6.45) is 98.9. The predicted octanol–water partition coefficient (Wildman–Crippen LogP) is 28.6. The molecule has 0 aliphatic heterocycles. The Morgan fingerprint density at radius 3 is 0.761 bits per heavy atom. The van der Waals surface area contributed by atoms with E-state index in [0.29, 0.717) is 46.0 Å². The van der Waals surface area contributed by atoms with Gasteiger partial charge in [-0.3, -0.25) is 4.90 Å². The molecule has 109 heavy (non-hydrogen) atoms. The van der Waals surface area contributed by atoms with Crippen molar-refractivity contribution in [2.24, 2.45) is 0 Å². The van der Waals surface area contributed by atoms with E-state index >= 15 is 0 Å². The number of hydrogen-bond acceptors (Lipinski definition) is 11. The maximum Gasteiger partial charge on any atom is 0.330 e. The summed E-state index contributed by atoms with van der Waals surface area (Å²) in [7, 11) is 2.09. The van der Waals surface area contributed by atoms with E-state index in [-0.39, 0.29) is 24.0 Å². The van der Waals surface area contributed by atoms with E-state index in [1.165, 1.54) is 391 Å². The summed E-state index contributed by atoms with van der Waals surface area (Å²) in [6.45, 7) is 21.1. The molecule has 2 N–H and O–H groups in total. The molecular formula is C98H191N3O8. The average molecular weight is 1540 g/mol. The van der Waals surface area contributed by atoms with E-state index in [2.05, 4.69) is 63.3 Å². The summed E-state index contributed by atoms with van der Waals surface area (Å²) in [4.78, 5) is 43.8. The number of ether oxygens (including phenoxy) is 3. The number of aliphatic hydroxyl groups is 2. The highest BCUT2D eigenvalue weighted by atomic mass is 16.5. The molecule has 11 nitrogen and oxygen atoms in total. The number of carbonyl (C=O) groups is 3. The van der Waals surface area contributed by atoms with Crippen LogP contribution in [0, 0.1) is 0 Å². The predicted molar refractivity (Wildman–Crippen MR) is 475 cm³/mol. The molecule has 0 amide bonds. The van der Waals surface area contributed by atoms with Crippen LogP contribution in [0.1, 0.15) is 485 Å². The van der Waals surface area contributed by atoms with E-state index in [9.17, 15) is 24.6 Å². The van der Waals surface area contributed by atoms with Gasteiger partial charge in [0.2, 0.25) is 0 Å². The molecule has 0 aromatic carbocycles. The molecule has 11 heteroatoms. The minimum Gasteiger partial charge on any atom is -0.463 e. The van der Waals surface area contributed by atoms with Gasteiger partial charge in [0.1, 0.15) is 0 Å². The van der Waals surface area contributed by atoms with E-state index in [1.807, 2.05) is 18.2 Å². The third-order valence-electron chi connectivity index (χ3n) is 22.1. The van der Waals surface area contributed by atoms with Gasteiger partial charge >= 0.3 is 17.9 Å². The van der Waals surface area contributed by atoms with Crippen molar-refractivity contribution in [1.82, 2.24) is 14.7 Å². The second-order valence-electron chi connectivity index (χ2n) is 33.4. The summed E-state index contributed by atoms with van der Waals surface area (Å²) in [5.41, 5.74) is 0. The lowest BCUT2D eigenvalue weighted by Crippen LogP contribution is -2.39. The molecule has 0 aromatic rings. The van der Waals surface area contributed by atoms with Crippen molar-refractivity contribution in [3.05, 3.63) is 36.5 Å². The molecule has 0 aliphatic carbocycles. The largest absolute Gasteiger partial charge is 0.463 e. The van der Waals surface area contributed by atoms with Crippen molar-refractivity contribution in [1.29, 1.82) is 0 Å². The van der Waals surface area contributed by atoms with Gasteiger partial charge in [-0.2, -0.15) is 0 Å². The van der Waals surface area contributed by atoms with Gasteiger partial charge in [0, 0.05) is 51.0 Å². The zero-order valence-corrected chi connectivity index (χ0v) is 74.4. The van der Waals surface area contributed by atoms with Crippen molar-refractivity contribution in [3.8, 4) is 0 Å². The number of aliphatic hydroxyl groups excluding tert-OH is 2. The molecule has 0 heterocycles. The second kappa shape index (κ2) is 94.3. The molecule has 2 unspecified atom stereocenters. The Hall–Kier alpha value is -2.57. The first-order valence-electron chi connectivity index (χ1n) is 48.6. The number of esters is 3. The average Bonchev–Trinajstić information content (AvgIpc) is 0.962. The summed E-state index contributed by atoms with van der Waals surface area (Å²) in [6, 6.07) is 0. The van der Waals surface area contributed by atoms with Crippen LogP contribution >= 0.6 is 0 Å². The van der Waals surface area contributed by atoms with Crippen LogP contribution in [0.4, 0.5) is 0 Å². The highest BCUT2D eigenvalue weighted by Crippen LogP contribution is 2.19. The van der Waals surface area contributed by atoms with Crippen LogP contribution in [0.3, 0.4) is 0 Å². The minimum atomic E-state index is -0.542. The molecule has 0 aliphatic rings. The first-order valence-corrected chi connectivity index (χ1v) is 48.6. The Kier molecular flexibility index (Phi) is 93.8. The van der Waals surface area contributed by atoms with Crippen LogP contribution in [-0.2, 0) is 28.6 Å². The van der Waals surface area contributed by atoms with E-state index in [1.54, 1.807) is 6.08 Å². The van der Waals surface area contributed by atoms with Crippen LogP contribution in [0.2, 0.25) is 0 Å². The normalized spacial score (nSPS) is 12.4. The minimum absolute atomic E-state index is 0.219. The molecule has 646 valence electrons. The van der Waals surface area contributed by atoms with Gasteiger partial charge in [0.05, 0.1) is 32.0 Å². The number of likely N-dealkylation sites (N-methyl/N-ethyl adjacent to an activating group) is 1. The fraction of sp³-hybridized carbons (Fsp3) is 0.908. The van der Waals surface area contributed by atoms with E-state index in [0.717, 1.165) is 90.4 Å². The molecule has 0 fully saturated rings. The topological polar surface area (TPSA) is 129 Å². The van der Waals surface area contributed by atoms with Crippen molar-refractivity contribution < 1.29 is 38.8 Å². The molecule has 2 atom stereocenters. The van der Waals surface area contributed by atoms with Crippen molar-refractivity contribution in [2.75, 3.05) is 79.2 Å². The monoisotopic (exact) mass is 1540 g/mol. The molecule has 0 spiro atoms. The zero-order valence-electron chi connectivity index (χ0n) is 74.4. The molecule has 0 aromatic heterocycles. The zero-order chi connectivity index (χ0) is 79.6. The van der Waals surface area contributed by atoms with Crippen molar-refractivity contribution in [3.63, 3.8) is 0 Å². The van der Waals surface area contributed by atoms with Gasteiger partial charge in [0.25, 0.3) is 0 Å². The molecule has 0 radical (unpaired) electrons. The Labute approximate surface area is 680 Å². The fourth-order valence-corrected chi connectivity index (χ4v) is 15.0. The summed E-state index contributed by atoms with van der Waals surface area (Å²) in [5.74, 6) is -0.850. The van der Waals surface area contributed by atoms with Crippen LogP contribution in [0.15, 0.2) is 36.5 Å². The highest BCUT2D eigenvalue weighted by molar-refractivity contribution is 5.82. The van der Waals surface area contributed by atoms with Crippen LogP contribution < -0.4 is 0 Å². The van der Waals surface area contributed by atoms with Gasteiger partial charge in [0.15, 0.2) is 0 Å². The maximum atomic E-state index is 12.5. The molecule has 0 saturated heterocycles. The molecular weight excluding hydrogens is 1350 g/mol. The summed E-state index contributed by atoms with van der Waals surface area (Å²) >= 11 is 0. The molecule has 0 bridgehead atoms. The van der Waals surface area contributed by atoms with Gasteiger partial charge in [-0.05, 0) is 84.5 Å². The SMILES string of the molecule is CCCCCCCCCCCCCCCOC(=O)/C=C/CCCC(O)CN(CCCCC)CCCCCCCCCCCCCC.CCCCCCCCCCCCCCCOC(=O)/C=C/CN(C/C=C/C(=O)OCCCCCCCCCCCCCCC)CC(O)CN(C)CCCCCCCCCCCCCC. The fourth-order valence-electron chi connectivity index (χ4n) is 15.0. The lowest BCUT2D eigenvalue weighted by Gasteiger charge is -2.26. The number of rotatable bonds is 89. The second-order valence-corrected chi connectivity index (χ2v) is 33.4. The lowest BCUT2D eigenvalue weighted by molar-refractivity contribution is -0.138. The Morgan fingerprint density at radius 2 is 0.477 bits per heavy atom. The standard InChI is InChI=1S/C56H108N2O5.C42H83NO3/c1-5-8-11-14-17-20-23-26-29-32-35-38-41-50-62-55(60)45-43-48-58(53-54(59)52-57(4)47-40-37-34-31-28-25-22-19-16-13-10-7-3)49-44-46-56(61)63-51-42-39-36-33-30-27-24-21-18-15-12-9-6-2;1-4-7-10-12-14-16-18-20-22-24-26-28-34-39-46-42(45)36-31-29-30-35-41(44)40-43(37-32-9-6-3)38-33-27-25-23-21-19-17-15-13-11-8-5-2/h43-46,54,59H,5-42,47-53H2,1-4H3;31,36,41,44H,4-30,32-35,37-40H2,1-3H3/b45-43+,46-44+;36-31+. The number of nitrogens with zero attached hydrogens (tertiary/aromatic N) is 3. The Bertz CT molecular complexity index is 1820. The number of unbranched alkanes of at least 4 members (excludes halogenated alkanes) is 61. The summed E-state index contributed by atoms with van der Waals surface area (Å²) < 4.78 is 16.4. The summed E-state index contributed by atoms with van der Waals surface area (Å²) in [5, 5.41) is 21.8. The number of allylic oxidation sites excluding steroid dienone is 1. The quantitative estimate of drug-likeness (QED) is 0.0261. The number of carbonyl (C=O) groups excluding carboxylic acids is 3. The van der Waals surface area contributed by atoms with Crippen molar-refractivity contribution in [2.45, 2.75) is 497 Å². The lowest BCUT2D eigenvalue weighted by atomic mass is 10.0. The van der Waals surface area contributed by atoms with Crippen molar-refractivity contribution >= 4 is 17.9 Å². The van der Waals surface area contributed by atoms with Gasteiger partial charge in [-0.1, -0.05) is 445 Å². The van der Waals surface area contributed by atoms with Crippen LogP contribution in [0.25, 0.3) is 0 Å². The van der Waals surface area contributed by atoms with Gasteiger partial charge < -0.3 is 34.2 Å².